The number of rotatable bonds is 5. The van der Waals surface area contributed by atoms with Crippen molar-refractivity contribution in [3.63, 3.8) is 0 Å². The van der Waals surface area contributed by atoms with E-state index in [2.05, 4.69) is 10.6 Å². The number of anilines is 2. The highest BCUT2D eigenvalue weighted by Crippen LogP contribution is 2.29. The summed E-state index contributed by atoms with van der Waals surface area (Å²) in [6, 6.07) is 12.2. The summed E-state index contributed by atoms with van der Waals surface area (Å²) < 4.78 is 0. The van der Waals surface area contributed by atoms with Gasteiger partial charge in [-0.3, -0.25) is 4.79 Å². The van der Waals surface area contributed by atoms with Crippen LogP contribution in [0.4, 0.5) is 11.4 Å². The molecule has 2 rings (SSSR count). The average Bonchev–Trinajstić information content (AvgIpc) is 2.59. The third-order valence-electron chi connectivity index (χ3n) is 3.08. The first-order valence-corrected chi connectivity index (χ1v) is 7.63. The molecule has 0 aliphatic heterocycles. The fraction of sp³-hybridized carbons (Fsp3) is 0. The van der Waals surface area contributed by atoms with Gasteiger partial charge in [-0.2, -0.15) is 5.26 Å². The fourth-order valence-corrected chi connectivity index (χ4v) is 2.16. The van der Waals surface area contributed by atoms with Crippen molar-refractivity contribution in [3.8, 4) is 6.07 Å². The Bertz CT molecular complexity index is 887. The van der Waals surface area contributed by atoms with Crippen LogP contribution in [0.25, 0.3) is 0 Å². The molecule has 25 heavy (non-hydrogen) atoms. The van der Waals surface area contributed by atoms with E-state index in [0.29, 0.717) is 16.4 Å². The van der Waals surface area contributed by atoms with E-state index in [4.69, 9.17) is 33.6 Å². The van der Waals surface area contributed by atoms with Crippen LogP contribution < -0.4 is 10.6 Å². The summed E-state index contributed by atoms with van der Waals surface area (Å²) >= 11 is 11.9. The van der Waals surface area contributed by atoms with Gasteiger partial charge in [0.15, 0.2) is 0 Å². The lowest BCUT2D eigenvalue weighted by Crippen LogP contribution is -2.14. The zero-order chi connectivity index (χ0) is 18.4. The van der Waals surface area contributed by atoms with Gasteiger partial charge in [-0.15, -0.1) is 0 Å². The van der Waals surface area contributed by atoms with Gasteiger partial charge in [0, 0.05) is 11.9 Å². The number of halogens is 2. The summed E-state index contributed by atoms with van der Waals surface area (Å²) in [6.07, 6.45) is 1.21. The number of nitriles is 1. The molecule has 0 aliphatic carbocycles. The molecule has 1 amide bonds. The first-order valence-electron chi connectivity index (χ1n) is 6.88. The normalized spacial score (nSPS) is 10.7. The Morgan fingerprint density at radius 1 is 1.12 bits per heavy atom. The van der Waals surface area contributed by atoms with Gasteiger partial charge < -0.3 is 15.7 Å². The molecule has 2 aromatic carbocycles. The molecule has 0 atom stereocenters. The molecule has 0 heterocycles. The molecule has 126 valence electrons. The summed E-state index contributed by atoms with van der Waals surface area (Å²) in [5.41, 5.74) is 0.696. The molecule has 6 nitrogen and oxygen atoms in total. The molecule has 0 unspecified atom stereocenters. The number of amides is 1. The lowest BCUT2D eigenvalue weighted by molar-refractivity contribution is -0.112. The number of carboxylic acid groups (broad SMARTS) is 1. The molecular formula is C17H11Cl2N3O3. The van der Waals surface area contributed by atoms with Gasteiger partial charge in [-0.05, 0) is 36.4 Å². The zero-order valence-electron chi connectivity index (χ0n) is 12.6. The van der Waals surface area contributed by atoms with E-state index in [1.54, 1.807) is 24.3 Å². The topological polar surface area (TPSA) is 102 Å². The average molecular weight is 376 g/mol. The summed E-state index contributed by atoms with van der Waals surface area (Å²) in [4.78, 5) is 22.9. The van der Waals surface area contributed by atoms with Crippen LogP contribution in [0.5, 0.6) is 0 Å². The Morgan fingerprint density at radius 3 is 2.40 bits per heavy atom. The molecule has 3 N–H and O–H groups in total. The Balaban J connectivity index is 2.11. The van der Waals surface area contributed by atoms with Crippen LogP contribution in [0.1, 0.15) is 10.4 Å². The number of hydrogen-bond acceptors (Lipinski definition) is 4. The van der Waals surface area contributed by atoms with Crippen LogP contribution in [0.2, 0.25) is 10.0 Å². The molecule has 0 saturated carbocycles. The summed E-state index contributed by atoms with van der Waals surface area (Å²) in [5.74, 6) is -1.73. The first-order chi connectivity index (χ1) is 11.9. The Labute approximate surface area is 153 Å². The van der Waals surface area contributed by atoms with Crippen LogP contribution in [-0.2, 0) is 4.79 Å². The van der Waals surface area contributed by atoms with Crippen molar-refractivity contribution in [2.75, 3.05) is 10.6 Å². The van der Waals surface area contributed by atoms with Crippen LogP contribution >= 0.6 is 23.2 Å². The summed E-state index contributed by atoms with van der Waals surface area (Å²) in [7, 11) is 0. The second-order valence-electron chi connectivity index (χ2n) is 4.75. The van der Waals surface area contributed by atoms with Gasteiger partial charge in [0.1, 0.15) is 11.6 Å². The minimum atomic E-state index is -1.07. The predicted octanol–water partition coefficient (Wildman–Crippen LogP) is 4.15. The predicted molar refractivity (Wildman–Crippen MR) is 95.8 cm³/mol. The van der Waals surface area contributed by atoms with Gasteiger partial charge in [0.25, 0.3) is 5.91 Å². The number of aromatic carboxylic acids is 1. The Hall–Kier alpha value is -3.01. The largest absolute Gasteiger partial charge is 0.478 e. The smallest absolute Gasteiger partial charge is 0.335 e. The van der Waals surface area contributed by atoms with Crippen molar-refractivity contribution in [1.82, 2.24) is 0 Å². The molecule has 0 fully saturated rings. The highest BCUT2D eigenvalue weighted by atomic mass is 35.5. The van der Waals surface area contributed by atoms with Crippen LogP contribution in [0.3, 0.4) is 0 Å². The second-order valence-corrected chi connectivity index (χ2v) is 5.54. The molecule has 0 spiro atoms. The lowest BCUT2D eigenvalue weighted by atomic mass is 10.2. The monoisotopic (exact) mass is 375 g/mol. The van der Waals surface area contributed by atoms with Gasteiger partial charge in [0.2, 0.25) is 0 Å². The molecule has 0 radical (unpaired) electrons. The first kappa shape index (κ1) is 18.3. The van der Waals surface area contributed by atoms with Crippen molar-refractivity contribution in [2.24, 2.45) is 0 Å². The van der Waals surface area contributed by atoms with Gasteiger partial charge >= 0.3 is 5.97 Å². The maximum Gasteiger partial charge on any atom is 0.335 e. The zero-order valence-corrected chi connectivity index (χ0v) is 14.1. The van der Waals surface area contributed by atoms with Crippen molar-refractivity contribution in [3.05, 3.63) is 69.8 Å². The number of carboxylic acids is 1. The number of carbonyl (C=O) groups is 2. The Morgan fingerprint density at radius 2 is 1.80 bits per heavy atom. The highest BCUT2D eigenvalue weighted by molar-refractivity contribution is 6.43. The maximum atomic E-state index is 12.1. The molecule has 2 aromatic rings. The molecule has 0 aromatic heterocycles. The summed E-state index contributed by atoms with van der Waals surface area (Å²) in [5, 5.41) is 23.8. The van der Waals surface area contributed by atoms with Crippen LogP contribution in [0.15, 0.2) is 54.2 Å². The van der Waals surface area contributed by atoms with E-state index in [0.717, 1.165) is 0 Å². The lowest BCUT2D eigenvalue weighted by Gasteiger charge is -2.07. The van der Waals surface area contributed by atoms with E-state index in [-0.39, 0.29) is 16.2 Å². The molecule has 0 saturated heterocycles. The van der Waals surface area contributed by atoms with Crippen molar-refractivity contribution >= 4 is 46.5 Å². The highest BCUT2D eigenvalue weighted by Gasteiger charge is 2.11. The van der Waals surface area contributed by atoms with Crippen molar-refractivity contribution in [1.29, 1.82) is 5.26 Å². The van der Waals surface area contributed by atoms with E-state index < -0.39 is 11.9 Å². The third kappa shape index (κ3) is 4.73. The van der Waals surface area contributed by atoms with Crippen LogP contribution in [0, 0.1) is 11.3 Å². The number of nitrogens with zero attached hydrogens (tertiary/aromatic N) is 1. The van der Waals surface area contributed by atoms with E-state index in [1.165, 1.54) is 30.5 Å². The van der Waals surface area contributed by atoms with Crippen LogP contribution in [-0.4, -0.2) is 17.0 Å². The Kier molecular flexibility index (Phi) is 6.01. The number of nitrogens with one attached hydrogen (secondary N) is 2. The second kappa shape index (κ2) is 8.20. The van der Waals surface area contributed by atoms with E-state index in [9.17, 15) is 9.59 Å². The standard InChI is InChI=1S/C17H11Cl2N3O3/c18-13-2-1-3-14(15(13)19)21-9-11(8-20)16(23)22-12-6-4-10(5-7-12)17(24)25/h1-7,9,21H,(H,22,23)(H,24,25)/b11-9-. The quantitative estimate of drug-likeness (QED) is 0.538. The minimum absolute atomic E-state index is 0.0892. The van der Waals surface area contributed by atoms with Gasteiger partial charge in [-0.25, -0.2) is 4.79 Å². The van der Waals surface area contributed by atoms with E-state index in [1.807, 2.05) is 0 Å². The number of carbonyl (C=O) groups excluding carboxylic acids is 1. The van der Waals surface area contributed by atoms with Crippen molar-refractivity contribution in [2.45, 2.75) is 0 Å². The molecule has 0 bridgehead atoms. The molecule has 0 aliphatic rings. The third-order valence-corrected chi connectivity index (χ3v) is 3.90. The van der Waals surface area contributed by atoms with Gasteiger partial charge in [0.05, 0.1) is 21.3 Å². The molecular weight excluding hydrogens is 365 g/mol. The molecule has 8 heteroatoms. The van der Waals surface area contributed by atoms with E-state index >= 15 is 0 Å². The SMILES string of the molecule is N#C/C(=C/Nc1cccc(Cl)c1Cl)C(=O)Nc1ccc(C(=O)O)cc1. The maximum absolute atomic E-state index is 12.1. The summed E-state index contributed by atoms with van der Waals surface area (Å²) in [6.45, 7) is 0. The van der Waals surface area contributed by atoms with Gasteiger partial charge in [-0.1, -0.05) is 29.3 Å². The fourth-order valence-electron chi connectivity index (χ4n) is 1.81. The number of benzene rings is 2. The minimum Gasteiger partial charge on any atom is -0.478 e. The number of hydrogen-bond donors (Lipinski definition) is 3. The van der Waals surface area contributed by atoms with Crippen molar-refractivity contribution < 1.29 is 14.7 Å².